The van der Waals surface area contributed by atoms with Gasteiger partial charge in [-0.1, -0.05) is 0 Å². The molecule has 1 aromatic rings. The summed E-state index contributed by atoms with van der Waals surface area (Å²) in [6.07, 6.45) is 5.06. The van der Waals surface area contributed by atoms with Crippen molar-refractivity contribution in [3.05, 3.63) is 18.6 Å². The van der Waals surface area contributed by atoms with Crippen LogP contribution in [0.5, 0.6) is 0 Å². The van der Waals surface area contributed by atoms with Crippen molar-refractivity contribution in [3.8, 4) is 0 Å². The molecule has 0 aliphatic carbocycles. The SMILES string of the molecule is [Li][c]1cnccn1. The molecule has 0 aliphatic heterocycles. The second kappa shape index (κ2) is 2.11. The maximum absolute atomic E-state index is 3.92. The zero-order valence-corrected chi connectivity index (χ0v) is 4.13. The number of hydrogen-bond acceptors (Lipinski definition) is 2. The van der Waals surface area contributed by atoms with Crippen LogP contribution < -0.4 is 4.37 Å². The fourth-order valence-electron chi connectivity index (χ4n) is 0.374. The van der Waals surface area contributed by atoms with Gasteiger partial charge in [0.2, 0.25) is 0 Å². The first-order chi connectivity index (χ1) is 3.39. The quantitative estimate of drug-likeness (QED) is 0.389. The first kappa shape index (κ1) is 4.83. The predicted molar refractivity (Wildman–Crippen MR) is 27.4 cm³/mol. The predicted octanol–water partition coefficient (Wildman–Crippen LogP) is -0.730. The fourth-order valence-corrected chi connectivity index (χ4v) is 0.374. The molecule has 0 bridgehead atoms. The van der Waals surface area contributed by atoms with Crippen LogP contribution in [0.1, 0.15) is 0 Å². The summed E-state index contributed by atoms with van der Waals surface area (Å²) in [7, 11) is 0. The Morgan fingerprint density at radius 2 is 2.29 bits per heavy atom. The van der Waals surface area contributed by atoms with Crippen molar-refractivity contribution in [2.45, 2.75) is 0 Å². The Bertz CT molecular complexity index is 140. The van der Waals surface area contributed by atoms with Crippen molar-refractivity contribution >= 4 is 22.1 Å². The summed E-state index contributed by atoms with van der Waals surface area (Å²) < 4.78 is 0.961. The fraction of sp³-hybridized carbons (Fsp3) is 0. The van der Waals surface area contributed by atoms with Gasteiger partial charge in [0.15, 0.2) is 0 Å². The average Bonchev–Trinajstić information content (AvgIpc) is 1.69. The van der Waals surface area contributed by atoms with Gasteiger partial charge in [-0.25, -0.2) is 0 Å². The van der Waals surface area contributed by atoms with Crippen molar-refractivity contribution in [1.82, 2.24) is 9.97 Å². The minimum atomic E-state index is 0.961. The second-order valence-corrected chi connectivity index (χ2v) is 1.35. The van der Waals surface area contributed by atoms with Crippen LogP contribution in [-0.4, -0.2) is 27.7 Å². The Labute approximate surface area is 51.2 Å². The number of hydrogen-bond donors (Lipinski definition) is 0. The van der Waals surface area contributed by atoms with Gasteiger partial charge in [0.05, 0.1) is 0 Å². The van der Waals surface area contributed by atoms with Gasteiger partial charge in [0.25, 0.3) is 0 Å². The molecule has 0 radical (unpaired) electrons. The molecule has 0 aliphatic rings. The molecular formula is C4H3LiN2. The minimum absolute atomic E-state index is 0.961. The number of nitrogens with zero attached hydrogens (tertiary/aromatic N) is 2. The Kier molecular flexibility index (Phi) is 1.45. The third-order valence-electron chi connectivity index (χ3n) is 0.692. The molecule has 0 atom stereocenters. The molecule has 0 amide bonds. The van der Waals surface area contributed by atoms with Crippen LogP contribution in [0.4, 0.5) is 0 Å². The van der Waals surface area contributed by atoms with Gasteiger partial charge in [0.1, 0.15) is 0 Å². The Morgan fingerprint density at radius 3 is 2.57 bits per heavy atom. The van der Waals surface area contributed by atoms with Crippen LogP contribution in [0.15, 0.2) is 18.6 Å². The van der Waals surface area contributed by atoms with Gasteiger partial charge < -0.3 is 0 Å². The molecule has 1 aromatic heterocycles. The first-order valence-electron chi connectivity index (χ1n) is 2.12. The molecule has 0 spiro atoms. The van der Waals surface area contributed by atoms with E-state index in [2.05, 4.69) is 9.97 Å². The molecule has 1 heterocycles. The van der Waals surface area contributed by atoms with Crippen molar-refractivity contribution < 1.29 is 0 Å². The van der Waals surface area contributed by atoms with Gasteiger partial charge >= 0.3 is 50.6 Å². The zero-order valence-electron chi connectivity index (χ0n) is 4.13. The molecule has 0 saturated heterocycles. The molecule has 7 heavy (non-hydrogen) atoms. The average molecular weight is 86.0 g/mol. The van der Waals surface area contributed by atoms with Crippen LogP contribution in [0.3, 0.4) is 0 Å². The summed E-state index contributed by atoms with van der Waals surface area (Å²) >= 11 is 1.91. The van der Waals surface area contributed by atoms with Crippen LogP contribution in [-0.2, 0) is 0 Å². The Balaban J connectivity index is 3.02. The molecule has 0 N–H and O–H groups in total. The van der Waals surface area contributed by atoms with E-state index < -0.39 is 0 Å². The van der Waals surface area contributed by atoms with Crippen molar-refractivity contribution in [2.24, 2.45) is 0 Å². The van der Waals surface area contributed by atoms with Crippen LogP contribution in [0, 0.1) is 0 Å². The second-order valence-electron chi connectivity index (χ2n) is 1.35. The topological polar surface area (TPSA) is 25.8 Å². The molecule has 0 unspecified atom stereocenters. The third-order valence-corrected chi connectivity index (χ3v) is 0.692. The molecule has 1 rings (SSSR count). The van der Waals surface area contributed by atoms with Crippen molar-refractivity contribution in [3.63, 3.8) is 0 Å². The molecule has 3 heteroatoms. The van der Waals surface area contributed by atoms with Gasteiger partial charge in [-0.3, -0.25) is 0 Å². The third kappa shape index (κ3) is 1.30. The summed E-state index contributed by atoms with van der Waals surface area (Å²) in [6, 6.07) is 0. The Morgan fingerprint density at radius 1 is 1.43 bits per heavy atom. The Hall–Kier alpha value is -0.323. The van der Waals surface area contributed by atoms with E-state index in [-0.39, 0.29) is 0 Å². The molecular weight excluding hydrogens is 83.0 g/mol. The molecule has 30 valence electrons. The molecule has 2 nitrogen and oxygen atoms in total. The first-order valence-corrected chi connectivity index (χ1v) is 2.12. The van der Waals surface area contributed by atoms with E-state index in [1.54, 1.807) is 18.6 Å². The van der Waals surface area contributed by atoms with Crippen LogP contribution >= 0.6 is 0 Å². The van der Waals surface area contributed by atoms with Crippen LogP contribution in [0.2, 0.25) is 0 Å². The van der Waals surface area contributed by atoms with E-state index in [9.17, 15) is 0 Å². The van der Waals surface area contributed by atoms with E-state index in [1.807, 2.05) is 17.7 Å². The van der Waals surface area contributed by atoms with Crippen LogP contribution in [0.25, 0.3) is 0 Å². The van der Waals surface area contributed by atoms with E-state index >= 15 is 0 Å². The number of aromatic nitrogens is 2. The van der Waals surface area contributed by atoms with Crippen molar-refractivity contribution in [1.29, 1.82) is 0 Å². The molecule has 0 fully saturated rings. The molecule has 0 saturated carbocycles. The monoisotopic (exact) mass is 86.0 g/mol. The number of rotatable bonds is 0. The summed E-state index contributed by atoms with van der Waals surface area (Å²) in [4.78, 5) is 7.74. The summed E-state index contributed by atoms with van der Waals surface area (Å²) in [5.74, 6) is 0. The normalized spacial score (nSPS) is 8.86. The summed E-state index contributed by atoms with van der Waals surface area (Å²) in [6.45, 7) is 0. The van der Waals surface area contributed by atoms with E-state index in [0.29, 0.717) is 0 Å². The van der Waals surface area contributed by atoms with E-state index in [4.69, 9.17) is 0 Å². The van der Waals surface area contributed by atoms with Gasteiger partial charge in [-0.15, -0.1) is 0 Å². The van der Waals surface area contributed by atoms with Crippen molar-refractivity contribution in [2.75, 3.05) is 0 Å². The van der Waals surface area contributed by atoms with Gasteiger partial charge in [-0.2, -0.15) is 0 Å². The standard InChI is InChI=1S/C4H3N2.Li/c1-2-6-4-3-5-1;/h1-3H;. The van der Waals surface area contributed by atoms with Gasteiger partial charge in [0, 0.05) is 0 Å². The molecule has 0 aromatic carbocycles. The zero-order chi connectivity index (χ0) is 5.11. The van der Waals surface area contributed by atoms with Gasteiger partial charge in [-0.05, 0) is 0 Å². The maximum atomic E-state index is 3.92. The summed E-state index contributed by atoms with van der Waals surface area (Å²) in [5.41, 5.74) is 0. The van der Waals surface area contributed by atoms with E-state index in [1.165, 1.54) is 0 Å². The van der Waals surface area contributed by atoms with E-state index in [0.717, 1.165) is 4.37 Å². The summed E-state index contributed by atoms with van der Waals surface area (Å²) in [5, 5.41) is 0.